The van der Waals surface area contributed by atoms with Crippen molar-refractivity contribution in [3.05, 3.63) is 35.5 Å². The molecule has 2 aliphatic heterocycles. The number of nitrogens with zero attached hydrogens (tertiary/aromatic N) is 5. The Labute approximate surface area is 180 Å². The summed E-state index contributed by atoms with van der Waals surface area (Å²) in [6, 6.07) is 6.37. The van der Waals surface area contributed by atoms with Crippen molar-refractivity contribution >= 4 is 16.7 Å². The van der Waals surface area contributed by atoms with Crippen LogP contribution in [0.2, 0.25) is 0 Å². The number of benzene rings is 1. The first-order valence-corrected chi connectivity index (χ1v) is 10.7. The molecule has 2 saturated heterocycles. The van der Waals surface area contributed by atoms with Crippen molar-refractivity contribution in [1.29, 1.82) is 0 Å². The zero-order valence-electron chi connectivity index (χ0n) is 17.8. The number of ether oxygens (including phenoxy) is 2. The summed E-state index contributed by atoms with van der Waals surface area (Å²) in [6.45, 7) is 6.12. The van der Waals surface area contributed by atoms with Crippen molar-refractivity contribution in [2.45, 2.75) is 25.4 Å². The van der Waals surface area contributed by atoms with E-state index >= 15 is 0 Å². The number of nitrogens with one attached hydrogen (secondary N) is 1. The summed E-state index contributed by atoms with van der Waals surface area (Å²) in [5, 5.41) is 8.73. The van der Waals surface area contributed by atoms with Gasteiger partial charge in [0.2, 0.25) is 0 Å². The third kappa shape index (κ3) is 3.83. The van der Waals surface area contributed by atoms with Crippen LogP contribution in [-0.2, 0) is 4.74 Å². The van der Waals surface area contributed by atoms with Gasteiger partial charge in [-0.1, -0.05) is 0 Å². The average molecular weight is 426 g/mol. The maximum Gasteiger partial charge on any atom is 0.320 e. The number of hydrogen-bond acceptors (Lipinski definition) is 7. The Bertz CT molecular complexity index is 1080. The van der Waals surface area contributed by atoms with E-state index in [9.17, 15) is 4.39 Å². The number of piperidine rings is 1. The van der Waals surface area contributed by atoms with Crippen LogP contribution in [0.4, 0.5) is 10.2 Å². The van der Waals surface area contributed by atoms with Crippen molar-refractivity contribution in [3.63, 3.8) is 0 Å². The van der Waals surface area contributed by atoms with Gasteiger partial charge in [-0.05, 0) is 43.1 Å². The van der Waals surface area contributed by atoms with Gasteiger partial charge in [0.05, 0.1) is 32.0 Å². The number of methoxy groups -OCH3 is 1. The SMILES string of the molecule is COc1nc(N2CCOCC2)cc(-n2ncc3cc(C)c([C@@H]4CCNC[C@@H]4F)cc32)n1. The average Bonchev–Trinajstić information content (AvgIpc) is 3.22. The molecule has 2 aliphatic rings. The molecule has 0 aliphatic carbocycles. The number of alkyl halides is 1. The van der Waals surface area contributed by atoms with E-state index in [0.717, 1.165) is 53.9 Å². The third-order valence-electron chi connectivity index (χ3n) is 6.18. The minimum atomic E-state index is -0.895. The summed E-state index contributed by atoms with van der Waals surface area (Å²) in [5.41, 5.74) is 3.04. The molecular weight excluding hydrogens is 399 g/mol. The van der Waals surface area contributed by atoms with Gasteiger partial charge in [0.15, 0.2) is 5.82 Å². The van der Waals surface area contributed by atoms with Crippen molar-refractivity contribution in [3.8, 4) is 11.8 Å². The van der Waals surface area contributed by atoms with Crippen molar-refractivity contribution < 1.29 is 13.9 Å². The summed E-state index contributed by atoms with van der Waals surface area (Å²) < 4.78 is 27.3. The molecule has 2 fully saturated rings. The minimum absolute atomic E-state index is 0.113. The second kappa shape index (κ2) is 8.39. The second-order valence-electron chi connectivity index (χ2n) is 8.11. The molecular formula is C22H27FN6O2. The zero-order valence-corrected chi connectivity index (χ0v) is 17.8. The van der Waals surface area contributed by atoms with Crippen LogP contribution in [0.25, 0.3) is 16.7 Å². The topological polar surface area (TPSA) is 77.3 Å². The smallest absolute Gasteiger partial charge is 0.320 e. The van der Waals surface area contributed by atoms with Gasteiger partial charge in [-0.15, -0.1) is 0 Å². The van der Waals surface area contributed by atoms with Crippen LogP contribution in [0.1, 0.15) is 23.5 Å². The summed E-state index contributed by atoms with van der Waals surface area (Å²) >= 11 is 0. The zero-order chi connectivity index (χ0) is 21.4. The fourth-order valence-electron chi connectivity index (χ4n) is 4.51. The Hall–Kier alpha value is -2.78. The highest BCUT2D eigenvalue weighted by Crippen LogP contribution is 2.33. The normalized spacial score (nSPS) is 22.1. The number of aromatic nitrogens is 4. The molecule has 2 aromatic heterocycles. The van der Waals surface area contributed by atoms with Crippen LogP contribution in [0.15, 0.2) is 24.4 Å². The third-order valence-corrected chi connectivity index (χ3v) is 6.18. The van der Waals surface area contributed by atoms with E-state index < -0.39 is 6.17 Å². The highest BCUT2D eigenvalue weighted by atomic mass is 19.1. The van der Waals surface area contributed by atoms with Gasteiger partial charge in [0.25, 0.3) is 0 Å². The Morgan fingerprint density at radius 1 is 1.16 bits per heavy atom. The van der Waals surface area contributed by atoms with Crippen molar-refractivity contribution in [2.24, 2.45) is 0 Å². The van der Waals surface area contributed by atoms with Crippen LogP contribution >= 0.6 is 0 Å². The van der Waals surface area contributed by atoms with E-state index in [0.29, 0.717) is 25.6 Å². The minimum Gasteiger partial charge on any atom is -0.467 e. The standard InChI is InChI=1S/C22H27FN6O2/c1-14-9-15-12-25-29(19(15)10-17(14)16-3-4-24-13-18(16)23)21-11-20(26-22(27-21)30-2)28-5-7-31-8-6-28/h9-12,16,18,24H,3-8,13H2,1-2H3/t16-,18-/m0/s1. The van der Waals surface area contributed by atoms with Crippen LogP contribution in [0, 0.1) is 6.92 Å². The highest BCUT2D eigenvalue weighted by Gasteiger charge is 2.28. The molecule has 1 aromatic carbocycles. The van der Waals surface area contributed by atoms with E-state index in [1.165, 1.54) is 0 Å². The number of rotatable bonds is 4. The summed E-state index contributed by atoms with van der Waals surface area (Å²) in [4.78, 5) is 11.2. The maximum atomic E-state index is 14.7. The lowest BCUT2D eigenvalue weighted by Crippen LogP contribution is -2.37. The predicted molar refractivity (Wildman–Crippen MR) is 116 cm³/mol. The Balaban J connectivity index is 1.59. The number of anilines is 1. The first-order valence-electron chi connectivity index (χ1n) is 10.7. The second-order valence-corrected chi connectivity index (χ2v) is 8.11. The quantitative estimate of drug-likeness (QED) is 0.686. The molecule has 9 heteroatoms. The molecule has 2 atom stereocenters. The lowest BCUT2D eigenvalue weighted by molar-refractivity contribution is 0.122. The van der Waals surface area contributed by atoms with Crippen LogP contribution in [0.3, 0.4) is 0 Å². The van der Waals surface area contributed by atoms with Gasteiger partial charge in [0.1, 0.15) is 12.0 Å². The van der Waals surface area contributed by atoms with Crippen molar-refractivity contribution in [2.75, 3.05) is 51.4 Å². The number of halogens is 1. The number of hydrogen-bond donors (Lipinski definition) is 1. The highest BCUT2D eigenvalue weighted by molar-refractivity contribution is 5.82. The van der Waals surface area contributed by atoms with Crippen LogP contribution in [-0.4, -0.2) is 72.4 Å². The largest absolute Gasteiger partial charge is 0.467 e. The Kier molecular flexibility index (Phi) is 5.45. The Morgan fingerprint density at radius 2 is 1.97 bits per heavy atom. The van der Waals surface area contributed by atoms with Crippen LogP contribution in [0.5, 0.6) is 6.01 Å². The molecule has 0 bridgehead atoms. The molecule has 0 spiro atoms. The monoisotopic (exact) mass is 426 g/mol. The lowest BCUT2D eigenvalue weighted by atomic mass is 9.85. The van der Waals surface area contributed by atoms with Gasteiger partial charge in [-0.25, -0.2) is 9.07 Å². The van der Waals surface area contributed by atoms with Gasteiger partial charge in [-0.2, -0.15) is 15.1 Å². The molecule has 0 saturated carbocycles. The van der Waals surface area contributed by atoms with E-state index in [-0.39, 0.29) is 11.9 Å². The number of fused-ring (bicyclic) bond motifs is 1. The van der Waals surface area contributed by atoms with E-state index in [4.69, 9.17) is 9.47 Å². The lowest BCUT2D eigenvalue weighted by Gasteiger charge is -2.28. The predicted octanol–water partition coefficient (Wildman–Crippen LogP) is 2.38. The maximum absolute atomic E-state index is 14.7. The first kappa shape index (κ1) is 20.1. The summed E-state index contributed by atoms with van der Waals surface area (Å²) in [6.07, 6.45) is 1.71. The van der Waals surface area contributed by atoms with E-state index in [1.54, 1.807) is 11.8 Å². The van der Waals surface area contributed by atoms with Gasteiger partial charge in [-0.3, -0.25) is 0 Å². The van der Waals surface area contributed by atoms with Gasteiger partial charge < -0.3 is 19.7 Å². The van der Waals surface area contributed by atoms with Crippen LogP contribution < -0.4 is 15.0 Å². The molecule has 0 amide bonds. The molecule has 31 heavy (non-hydrogen) atoms. The Morgan fingerprint density at radius 3 is 2.74 bits per heavy atom. The summed E-state index contributed by atoms with van der Waals surface area (Å²) in [7, 11) is 1.56. The molecule has 1 N–H and O–H groups in total. The van der Waals surface area contributed by atoms with E-state index in [1.807, 2.05) is 19.2 Å². The fourth-order valence-corrected chi connectivity index (χ4v) is 4.51. The molecule has 5 rings (SSSR count). The molecule has 0 unspecified atom stereocenters. The molecule has 0 radical (unpaired) electrons. The number of morpholine rings is 1. The molecule has 4 heterocycles. The molecule has 8 nitrogen and oxygen atoms in total. The van der Waals surface area contributed by atoms with Crippen molar-refractivity contribution in [1.82, 2.24) is 25.1 Å². The first-order chi connectivity index (χ1) is 15.1. The van der Waals surface area contributed by atoms with E-state index in [2.05, 4.69) is 37.4 Å². The molecule has 164 valence electrons. The summed E-state index contributed by atoms with van der Waals surface area (Å²) in [5.74, 6) is 1.29. The fraction of sp³-hybridized carbons (Fsp3) is 0.500. The van der Waals surface area contributed by atoms with Gasteiger partial charge in [0, 0.05) is 37.0 Å². The molecule has 3 aromatic rings. The number of aryl methyl sites for hydroxylation is 1. The van der Waals surface area contributed by atoms with Gasteiger partial charge >= 0.3 is 6.01 Å².